The zero-order valence-corrected chi connectivity index (χ0v) is 17.7. The lowest BCUT2D eigenvalue weighted by molar-refractivity contribution is -0.113. The summed E-state index contributed by atoms with van der Waals surface area (Å²) in [6.07, 6.45) is 3.75. The monoisotopic (exact) mass is 421 g/mol. The van der Waals surface area contributed by atoms with Crippen LogP contribution >= 0.6 is 11.8 Å². The molecule has 0 bridgehead atoms. The van der Waals surface area contributed by atoms with Gasteiger partial charge in [0.2, 0.25) is 5.91 Å². The molecule has 2 N–H and O–H groups in total. The van der Waals surface area contributed by atoms with E-state index in [9.17, 15) is 9.59 Å². The van der Waals surface area contributed by atoms with E-state index in [4.69, 9.17) is 0 Å². The number of anilines is 1. The summed E-state index contributed by atoms with van der Waals surface area (Å²) in [6.45, 7) is 4.13. The van der Waals surface area contributed by atoms with Crippen LogP contribution in [0, 0.1) is 13.8 Å². The zero-order chi connectivity index (χ0) is 21.1. The Labute approximate surface area is 179 Å². The third kappa shape index (κ3) is 4.88. The highest BCUT2D eigenvalue weighted by molar-refractivity contribution is 7.99. The van der Waals surface area contributed by atoms with E-state index < -0.39 is 0 Å². The Balaban J connectivity index is 1.33. The number of rotatable bonds is 7. The molecule has 2 amide bonds. The van der Waals surface area contributed by atoms with Crippen molar-refractivity contribution in [1.29, 1.82) is 0 Å². The van der Waals surface area contributed by atoms with Gasteiger partial charge in [-0.15, -0.1) is 10.2 Å². The molecule has 8 heteroatoms. The number of hydrogen-bond acceptors (Lipinski definition) is 5. The SMILES string of the molecule is Cc1ccc(-n2cnnc2SCC(=O)Nc2ccc(C(=O)NC3CC3)cc2)cc1C. The Hall–Kier alpha value is -3.13. The van der Waals surface area contributed by atoms with Gasteiger partial charge in [0.25, 0.3) is 5.91 Å². The molecular weight excluding hydrogens is 398 g/mol. The summed E-state index contributed by atoms with van der Waals surface area (Å²) in [5, 5.41) is 14.6. The molecule has 7 nitrogen and oxygen atoms in total. The van der Waals surface area contributed by atoms with Crippen LogP contribution in [0.25, 0.3) is 5.69 Å². The second-order valence-corrected chi connectivity index (χ2v) is 8.36. The molecule has 0 saturated heterocycles. The van der Waals surface area contributed by atoms with Gasteiger partial charge < -0.3 is 10.6 Å². The van der Waals surface area contributed by atoms with Crippen LogP contribution in [0.4, 0.5) is 5.69 Å². The van der Waals surface area contributed by atoms with Gasteiger partial charge in [-0.05, 0) is 74.2 Å². The summed E-state index contributed by atoms with van der Waals surface area (Å²) in [4.78, 5) is 24.4. The van der Waals surface area contributed by atoms with Crippen molar-refractivity contribution >= 4 is 29.3 Å². The molecule has 0 spiro atoms. The lowest BCUT2D eigenvalue weighted by atomic mass is 10.1. The molecule has 1 aromatic heterocycles. The Kier molecular flexibility index (Phi) is 5.85. The van der Waals surface area contributed by atoms with Gasteiger partial charge in [0, 0.05) is 23.0 Å². The average Bonchev–Trinajstić information content (AvgIpc) is 3.42. The van der Waals surface area contributed by atoms with Gasteiger partial charge in [-0.1, -0.05) is 17.8 Å². The van der Waals surface area contributed by atoms with Crippen molar-refractivity contribution in [2.45, 2.75) is 37.9 Å². The first-order valence-electron chi connectivity index (χ1n) is 9.81. The summed E-state index contributed by atoms with van der Waals surface area (Å²) >= 11 is 1.32. The second kappa shape index (κ2) is 8.71. The Bertz CT molecular complexity index is 1070. The number of hydrogen-bond donors (Lipinski definition) is 2. The molecule has 1 heterocycles. The van der Waals surface area contributed by atoms with Crippen LogP contribution in [0.5, 0.6) is 0 Å². The van der Waals surface area contributed by atoms with E-state index in [0.29, 0.717) is 22.4 Å². The number of aryl methyl sites for hydroxylation is 2. The summed E-state index contributed by atoms with van der Waals surface area (Å²) in [5.41, 5.74) is 4.61. The summed E-state index contributed by atoms with van der Waals surface area (Å²) in [6, 6.07) is 13.4. The van der Waals surface area contributed by atoms with Gasteiger partial charge in [-0.2, -0.15) is 0 Å². The van der Waals surface area contributed by atoms with Gasteiger partial charge in [-0.25, -0.2) is 0 Å². The minimum atomic E-state index is -0.148. The predicted octanol–water partition coefficient (Wildman–Crippen LogP) is 3.51. The molecule has 30 heavy (non-hydrogen) atoms. The molecule has 0 radical (unpaired) electrons. The molecule has 1 aliphatic rings. The van der Waals surface area contributed by atoms with Crippen molar-refractivity contribution in [2.24, 2.45) is 0 Å². The quantitative estimate of drug-likeness (QED) is 0.570. The van der Waals surface area contributed by atoms with Crippen molar-refractivity contribution in [3.63, 3.8) is 0 Å². The van der Waals surface area contributed by atoms with Gasteiger partial charge >= 0.3 is 0 Å². The zero-order valence-electron chi connectivity index (χ0n) is 16.9. The van der Waals surface area contributed by atoms with Crippen LogP contribution in [-0.2, 0) is 4.79 Å². The molecule has 1 aliphatic carbocycles. The third-order valence-electron chi connectivity index (χ3n) is 4.96. The fourth-order valence-corrected chi connectivity index (χ4v) is 3.63. The standard InChI is InChI=1S/C22H23N5O2S/c1-14-3-10-19(11-15(14)2)27-13-23-26-22(27)30-12-20(28)24-17-6-4-16(5-7-17)21(29)25-18-8-9-18/h3-7,10-11,13,18H,8-9,12H2,1-2H3,(H,24,28)(H,25,29). The summed E-state index contributed by atoms with van der Waals surface area (Å²) in [5.74, 6) is -0.0191. The molecule has 1 saturated carbocycles. The van der Waals surface area contributed by atoms with E-state index in [2.05, 4.69) is 46.8 Å². The van der Waals surface area contributed by atoms with E-state index in [1.807, 2.05) is 10.6 Å². The molecule has 4 rings (SSSR count). The topological polar surface area (TPSA) is 88.9 Å². The predicted molar refractivity (Wildman–Crippen MR) is 117 cm³/mol. The van der Waals surface area contributed by atoms with E-state index >= 15 is 0 Å². The molecule has 0 aliphatic heterocycles. The Morgan fingerprint density at radius 3 is 2.57 bits per heavy atom. The molecule has 3 aromatic rings. The molecule has 1 fully saturated rings. The van der Waals surface area contributed by atoms with Crippen molar-refractivity contribution in [3.05, 3.63) is 65.5 Å². The summed E-state index contributed by atoms with van der Waals surface area (Å²) in [7, 11) is 0. The number of thioether (sulfide) groups is 1. The largest absolute Gasteiger partial charge is 0.349 e. The highest BCUT2D eigenvalue weighted by atomic mass is 32.2. The number of nitrogens with zero attached hydrogens (tertiary/aromatic N) is 3. The molecule has 0 atom stereocenters. The number of benzene rings is 2. The first-order chi connectivity index (χ1) is 14.5. The summed E-state index contributed by atoms with van der Waals surface area (Å²) < 4.78 is 1.87. The van der Waals surface area contributed by atoms with Gasteiger partial charge in [-0.3, -0.25) is 14.2 Å². The van der Waals surface area contributed by atoms with Crippen LogP contribution in [0.15, 0.2) is 53.9 Å². The molecule has 154 valence electrons. The lowest BCUT2D eigenvalue weighted by Gasteiger charge is -2.09. The third-order valence-corrected chi connectivity index (χ3v) is 5.90. The minimum absolute atomic E-state index is 0.0726. The van der Waals surface area contributed by atoms with Crippen LogP contribution < -0.4 is 10.6 Å². The maximum atomic E-state index is 12.4. The van der Waals surface area contributed by atoms with E-state index in [1.54, 1.807) is 30.6 Å². The van der Waals surface area contributed by atoms with Gasteiger partial charge in [0.05, 0.1) is 5.75 Å². The maximum Gasteiger partial charge on any atom is 0.251 e. The second-order valence-electron chi connectivity index (χ2n) is 7.41. The number of carbonyl (C=O) groups excluding carboxylic acids is 2. The van der Waals surface area contributed by atoms with Crippen LogP contribution in [0.3, 0.4) is 0 Å². The van der Waals surface area contributed by atoms with E-state index in [0.717, 1.165) is 18.5 Å². The minimum Gasteiger partial charge on any atom is -0.349 e. The maximum absolute atomic E-state index is 12.4. The smallest absolute Gasteiger partial charge is 0.251 e. The first-order valence-corrected chi connectivity index (χ1v) is 10.8. The number of aromatic nitrogens is 3. The van der Waals surface area contributed by atoms with E-state index in [1.165, 1.54) is 22.9 Å². The first kappa shape index (κ1) is 20.2. The normalized spacial score (nSPS) is 13.1. The Morgan fingerprint density at radius 2 is 1.87 bits per heavy atom. The Morgan fingerprint density at radius 1 is 1.10 bits per heavy atom. The molecule has 2 aromatic carbocycles. The van der Waals surface area contributed by atoms with Crippen molar-refractivity contribution in [3.8, 4) is 5.69 Å². The highest BCUT2D eigenvalue weighted by Gasteiger charge is 2.23. The van der Waals surface area contributed by atoms with Gasteiger partial charge in [0.1, 0.15) is 6.33 Å². The van der Waals surface area contributed by atoms with Gasteiger partial charge in [0.15, 0.2) is 5.16 Å². The average molecular weight is 422 g/mol. The number of nitrogens with one attached hydrogen (secondary N) is 2. The highest BCUT2D eigenvalue weighted by Crippen LogP contribution is 2.22. The van der Waals surface area contributed by atoms with Crippen molar-refractivity contribution in [1.82, 2.24) is 20.1 Å². The fourth-order valence-electron chi connectivity index (χ4n) is 2.90. The van der Waals surface area contributed by atoms with Crippen LogP contribution in [-0.4, -0.2) is 38.4 Å². The number of carbonyl (C=O) groups is 2. The van der Waals surface area contributed by atoms with Crippen molar-refractivity contribution < 1.29 is 9.59 Å². The van der Waals surface area contributed by atoms with Crippen LogP contribution in [0.2, 0.25) is 0 Å². The number of amides is 2. The van der Waals surface area contributed by atoms with Crippen molar-refractivity contribution in [2.75, 3.05) is 11.1 Å². The molecule has 0 unspecified atom stereocenters. The fraction of sp³-hybridized carbons (Fsp3) is 0.273. The van der Waals surface area contributed by atoms with E-state index in [-0.39, 0.29) is 17.6 Å². The molecular formula is C22H23N5O2S. The lowest BCUT2D eigenvalue weighted by Crippen LogP contribution is -2.25. The van der Waals surface area contributed by atoms with Crippen LogP contribution in [0.1, 0.15) is 34.3 Å².